The number of aliphatic hydroxyl groups is 1. The van der Waals surface area contributed by atoms with Crippen molar-refractivity contribution < 1.29 is 24.1 Å². The lowest BCUT2D eigenvalue weighted by Crippen LogP contribution is -2.59. The molecule has 7 heteroatoms. The van der Waals surface area contributed by atoms with E-state index in [1.54, 1.807) is 7.11 Å². The highest BCUT2D eigenvalue weighted by Crippen LogP contribution is 2.32. The van der Waals surface area contributed by atoms with E-state index in [4.69, 9.17) is 14.2 Å². The summed E-state index contributed by atoms with van der Waals surface area (Å²) in [7, 11) is 1.64. The molecule has 5 atom stereocenters. The standard InChI is InChI=1S/C17H30N2O5/c1-22-10-13(16-6-3-8-24-16)18-17(21)19-7-9-23-11-14(19)12-4-2-5-15(12)20/h12-16,20H,2-11H2,1H3,(H,18,21). The van der Waals surface area contributed by atoms with E-state index in [1.165, 1.54) is 0 Å². The van der Waals surface area contributed by atoms with E-state index < -0.39 is 0 Å². The molecule has 24 heavy (non-hydrogen) atoms. The molecule has 138 valence electrons. The number of carbonyl (C=O) groups is 1. The Balaban J connectivity index is 1.64. The molecule has 2 saturated heterocycles. The van der Waals surface area contributed by atoms with Gasteiger partial charge in [0.2, 0.25) is 0 Å². The fourth-order valence-corrected chi connectivity index (χ4v) is 4.23. The second kappa shape index (κ2) is 8.47. The van der Waals surface area contributed by atoms with E-state index in [0.29, 0.717) is 26.4 Å². The minimum absolute atomic E-state index is 0.0189. The molecule has 0 aromatic carbocycles. The lowest BCUT2D eigenvalue weighted by Gasteiger charge is -2.40. The van der Waals surface area contributed by atoms with Crippen LogP contribution in [0.2, 0.25) is 0 Å². The number of methoxy groups -OCH3 is 1. The number of amides is 2. The maximum Gasteiger partial charge on any atom is 0.318 e. The molecule has 2 heterocycles. The van der Waals surface area contributed by atoms with Gasteiger partial charge in [0.25, 0.3) is 0 Å². The third kappa shape index (κ3) is 4.02. The molecule has 7 nitrogen and oxygen atoms in total. The predicted octanol–water partition coefficient (Wildman–Crippen LogP) is 0.752. The molecule has 3 fully saturated rings. The molecule has 3 aliphatic rings. The molecule has 1 saturated carbocycles. The first-order valence-electron chi connectivity index (χ1n) is 9.14. The van der Waals surface area contributed by atoms with Crippen molar-refractivity contribution in [2.24, 2.45) is 5.92 Å². The van der Waals surface area contributed by atoms with E-state index in [2.05, 4.69) is 5.32 Å². The van der Waals surface area contributed by atoms with Crippen LogP contribution in [0.3, 0.4) is 0 Å². The minimum Gasteiger partial charge on any atom is -0.393 e. The average molecular weight is 342 g/mol. The maximum atomic E-state index is 12.9. The third-order valence-electron chi connectivity index (χ3n) is 5.52. The average Bonchev–Trinajstić information content (AvgIpc) is 3.26. The third-order valence-corrected chi connectivity index (χ3v) is 5.52. The lowest BCUT2D eigenvalue weighted by atomic mass is 9.94. The van der Waals surface area contributed by atoms with Crippen molar-refractivity contribution in [1.82, 2.24) is 10.2 Å². The molecule has 1 aliphatic carbocycles. The number of nitrogens with zero attached hydrogens (tertiary/aromatic N) is 1. The maximum absolute atomic E-state index is 12.9. The Labute approximate surface area is 143 Å². The van der Waals surface area contributed by atoms with E-state index >= 15 is 0 Å². The SMILES string of the molecule is COCC(NC(=O)N1CCOCC1C1CCCC1O)C1CCCO1. The highest BCUT2D eigenvalue weighted by Gasteiger charge is 2.40. The summed E-state index contributed by atoms with van der Waals surface area (Å²) in [6, 6.07) is -0.286. The number of morpholine rings is 1. The lowest BCUT2D eigenvalue weighted by molar-refractivity contribution is -0.0333. The summed E-state index contributed by atoms with van der Waals surface area (Å²) in [5.41, 5.74) is 0. The summed E-state index contributed by atoms with van der Waals surface area (Å²) >= 11 is 0. The minimum atomic E-state index is -0.333. The van der Waals surface area contributed by atoms with Crippen LogP contribution in [0, 0.1) is 5.92 Å². The van der Waals surface area contributed by atoms with Crippen LogP contribution in [0.15, 0.2) is 0 Å². The van der Waals surface area contributed by atoms with Gasteiger partial charge in [-0.05, 0) is 25.7 Å². The van der Waals surface area contributed by atoms with Crippen LogP contribution in [0.4, 0.5) is 4.79 Å². The van der Waals surface area contributed by atoms with Gasteiger partial charge in [-0.1, -0.05) is 6.42 Å². The number of hydrogen-bond donors (Lipinski definition) is 2. The number of ether oxygens (including phenoxy) is 3. The monoisotopic (exact) mass is 342 g/mol. The highest BCUT2D eigenvalue weighted by atomic mass is 16.5. The van der Waals surface area contributed by atoms with Gasteiger partial charge in [-0.15, -0.1) is 0 Å². The van der Waals surface area contributed by atoms with Crippen molar-refractivity contribution in [1.29, 1.82) is 0 Å². The first-order valence-corrected chi connectivity index (χ1v) is 9.14. The summed E-state index contributed by atoms with van der Waals surface area (Å²) in [6.07, 6.45) is 4.44. The molecule has 3 rings (SSSR count). The van der Waals surface area contributed by atoms with Crippen molar-refractivity contribution in [2.75, 3.05) is 40.1 Å². The van der Waals surface area contributed by atoms with E-state index in [0.717, 1.165) is 38.7 Å². The van der Waals surface area contributed by atoms with Gasteiger partial charge in [0.15, 0.2) is 0 Å². The van der Waals surface area contributed by atoms with Gasteiger partial charge in [-0.3, -0.25) is 0 Å². The number of carbonyl (C=O) groups excluding carboxylic acids is 1. The number of hydrogen-bond acceptors (Lipinski definition) is 5. The Hall–Kier alpha value is -0.890. The molecular formula is C17H30N2O5. The van der Waals surface area contributed by atoms with Crippen LogP contribution in [-0.2, 0) is 14.2 Å². The van der Waals surface area contributed by atoms with E-state index in [9.17, 15) is 9.90 Å². The fraction of sp³-hybridized carbons (Fsp3) is 0.941. The fourth-order valence-electron chi connectivity index (χ4n) is 4.23. The van der Waals surface area contributed by atoms with Crippen LogP contribution in [0.5, 0.6) is 0 Å². The second-order valence-electron chi connectivity index (χ2n) is 7.06. The molecule has 2 N–H and O–H groups in total. The van der Waals surface area contributed by atoms with E-state index in [1.807, 2.05) is 4.90 Å². The second-order valence-corrected chi connectivity index (χ2v) is 7.06. The zero-order valence-corrected chi connectivity index (χ0v) is 14.5. The van der Waals surface area contributed by atoms with E-state index in [-0.39, 0.29) is 36.2 Å². The van der Waals surface area contributed by atoms with Crippen molar-refractivity contribution in [2.45, 2.75) is 56.4 Å². The molecule has 0 aromatic rings. The Morgan fingerprint density at radius 1 is 1.33 bits per heavy atom. The molecule has 5 unspecified atom stereocenters. The summed E-state index contributed by atoms with van der Waals surface area (Å²) in [5, 5.41) is 13.3. The van der Waals surface area contributed by atoms with Crippen LogP contribution in [0.1, 0.15) is 32.1 Å². The number of rotatable bonds is 5. The van der Waals surface area contributed by atoms with Crippen LogP contribution in [0.25, 0.3) is 0 Å². The first kappa shape index (κ1) is 17.9. The summed E-state index contributed by atoms with van der Waals surface area (Å²) in [4.78, 5) is 14.7. The van der Waals surface area contributed by atoms with Crippen LogP contribution < -0.4 is 5.32 Å². The molecule has 0 spiro atoms. The van der Waals surface area contributed by atoms with Gasteiger partial charge in [-0.25, -0.2) is 4.79 Å². The summed E-state index contributed by atoms with van der Waals surface area (Å²) < 4.78 is 16.6. The number of aliphatic hydroxyl groups excluding tert-OH is 1. The van der Waals surface area contributed by atoms with Gasteiger partial charge in [-0.2, -0.15) is 0 Å². The Kier molecular flexibility index (Phi) is 6.32. The van der Waals surface area contributed by atoms with Gasteiger partial charge in [0.1, 0.15) is 0 Å². The zero-order valence-electron chi connectivity index (χ0n) is 14.5. The van der Waals surface area contributed by atoms with Crippen LogP contribution in [-0.4, -0.2) is 80.4 Å². The van der Waals surface area contributed by atoms with Gasteiger partial charge < -0.3 is 29.5 Å². The molecular weight excluding hydrogens is 312 g/mol. The molecule has 2 aliphatic heterocycles. The number of nitrogens with one attached hydrogen (secondary N) is 1. The van der Waals surface area contributed by atoms with Crippen molar-refractivity contribution in [3.63, 3.8) is 0 Å². The van der Waals surface area contributed by atoms with Gasteiger partial charge in [0.05, 0.1) is 44.1 Å². The Bertz CT molecular complexity index is 416. The predicted molar refractivity (Wildman–Crippen MR) is 87.8 cm³/mol. The largest absolute Gasteiger partial charge is 0.393 e. The quantitative estimate of drug-likeness (QED) is 0.771. The van der Waals surface area contributed by atoms with Gasteiger partial charge >= 0.3 is 6.03 Å². The Morgan fingerprint density at radius 3 is 2.88 bits per heavy atom. The highest BCUT2D eigenvalue weighted by molar-refractivity contribution is 5.75. The molecule has 0 aromatic heterocycles. The van der Waals surface area contributed by atoms with Crippen LogP contribution >= 0.6 is 0 Å². The molecule has 0 bridgehead atoms. The zero-order chi connectivity index (χ0) is 16.9. The number of urea groups is 1. The normalized spacial score (nSPS) is 35.2. The molecule has 2 amide bonds. The molecule has 0 radical (unpaired) electrons. The summed E-state index contributed by atoms with van der Waals surface area (Å²) in [5.74, 6) is 0.111. The van der Waals surface area contributed by atoms with Crippen molar-refractivity contribution >= 4 is 6.03 Å². The smallest absolute Gasteiger partial charge is 0.318 e. The van der Waals surface area contributed by atoms with Gasteiger partial charge in [0, 0.05) is 26.2 Å². The summed E-state index contributed by atoms with van der Waals surface area (Å²) in [6.45, 7) is 2.79. The first-order chi connectivity index (χ1) is 11.7. The van der Waals surface area contributed by atoms with Crippen molar-refractivity contribution in [3.05, 3.63) is 0 Å². The van der Waals surface area contributed by atoms with Crippen molar-refractivity contribution in [3.8, 4) is 0 Å². The Morgan fingerprint density at radius 2 is 2.21 bits per heavy atom. The topological polar surface area (TPSA) is 80.3 Å².